The van der Waals surface area contributed by atoms with Gasteiger partial charge in [0, 0.05) is 12.1 Å². The van der Waals surface area contributed by atoms with Gasteiger partial charge in [0.05, 0.1) is 9.96 Å². The topological polar surface area (TPSA) is 110 Å². The number of benzene rings is 1. The number of alkyl halides is 1. The predicted molar refractivity (Wildman–Crippen MR) is 80.6 cm³/mol. The van der Waals surface area contributed by atoms with Crippen LogP contribution < -0.4 is 0 Å². The molecule has 118 valence electrons. The van der Waals surface area contributed by atoms with Crippen LogP contribution in [0.2, 0.25) is 0 Å². The summed E-state index contributed by atoms with van der Waals surface area (Å²) >= 11 is 12.4. The molecule has 0 radical (unpaired) electrons. The molecule has 0 saturated heterocycles. The molecule has 22 heavy (non-hydrogen) atoms. The van der Waals surface area contributed by atoms with Gasteiger partial charge < -0.3 is 9.79 Å². The van der Waals surface area contributed by atoms with E-state index >= 15 is 0 Å². The normalized spacial score (nSPS) is 24.9. The molecular weight excluding hydrogens is 356 g/mol. The van der Waals surface area contributed by atoms with Gasteiger partial charge in [-0.05, 0) is 23.8 Å². The van der Waals surface area contributed by atoms with Crippen molar-refractivity contribution >= 4 is 36.7 Å². The van der Waals surface area contributed by atoms with Gasteiger partial charge in [-0.25, -0.2) is 4.57 Å². The second-order valence-corrected chi connectivity index (χ2v) is 6.71. The molecule has 1 aliphatic carbocycles. The van der Waals surface area contributed by atoms with Crippen LogP contribution >= 0.6 is 31.0 Å². The van der Waals surface area contributed by atoms with E-state index in [9.17, 15) is 14.7 Å². The van der Waals surface area contributed by atoms with Crippen LogP contribution in [0.1, 0.15) is 5.56 Å². The maximum atomic E-state index is 11.1. The number of nitro groups is 1. The second kappa shape index (κ2) is 6.12. The number of hydrogen-bond donors (Lipinski definition) is 2. The fraction of sp³-hybridized carbons (Fsp3) is 0.167. The Balaban J connectivity index is 2.44. The van der Waals surface area contributed by atoms with E-state index in [0.29, 0.717) is 5.56 Å². The minimum absolute atomic E-state index is 0.000761. The number of allylic oxidation sites excluding steroid dienone is 2. The smallest absolute Gasteiger partial charge is 0.303 e. The van der Waals surface area contributed by atoms with Gasteiger partial charge >= 0.3 is 7.82 Å². The van der Waals surface area contributed by atoms with Gasteiger partial charge in [0.2, 0.25) is 0 Å². The summed E-state index contributed by atoms with van der Waals surface area (Å²) in [5.41, 5.74) is 0.207. The molecule has 2 unspecified atom stereocenters. The first-order valence-corrected chi connectivity index (χ1v) is 8.15. The van der Waals surface area contributed by atoms with E-state index in [1.165, 1.54) is 42.5 Å². The van der Waals surface area contributed by atoms with Crippen LogP contribution in [0.4, 0.5) is 5.69 Å². The van der Waals surface area contributed by atoms with Crippen molar-refractivity contribution in [2.45, 2.75) is 11.0 Å². The molecule has 1 aliphatic rings. The van der Waals surface area contributed by atoms with Crippen LogP contribution in [-0.2, 0) is 14.0 Å². The molecule has 2 N–H and O–H groups in total. The molecule has 2 rings (SSSR count). The summed E-state index contributed by atoms with van der Waals surface area (Å²) in [4.78, 5) is 26.6. The van der Waals surface area contributed by atoms with Gasteiger partial charge in [-0.15, -0.1) is 11.6 Å². The van der Waals surface area contributed by atoms with E-state index in [-0.39, 0.29) is 10.7 Å². The molecule has 0 aliphatic heterocycles. The highest BCUT2D eigenvalue weighted by Gasteiger charge is 2.44. The summed E-state index contributed by atoms with van der Waals surface area (Å²) < 4.78 is 15.8. The molecule has 1 aromatic carbocycles. The van der Waals surface area contributed by atoms with E-state index in [0.717, 1.165) is 0 Å². The first-order valence-electron chi connectivity index (χ1n) is 5.86. The second-order valence-electron chi connectivity index (χ2n) is 4.46. The molecule has 0 spiro atoms. The average molecular weight is 366 g/mol. The van der Waals surface area contributed by atoms with Crippen molar-refractivity contribution < 1.29 is 23.8 Å². The molecule has 0 bridgehead atoms. The van der Waals surface area contributed by atoms with Gasteiger partial charge in [-0.3, -0.25) is 14.6 Å². The van der Waals surface area contributed by atoms with Crippen molar-refractivity contribution in [3.63, 3.8) is 0 Å². The van der Waals surface area contributed by atoms with Crippen LogP contribution in [0.5, 0.6) is 0 Å². The van der Waals surface area contributed by atoms with Crippen LogP contribution in [0.15, 0.2) is 47.5 Å². The van der Waals surface area contributed by atoms with Crippen LogP contribution in [0.25, 0.3) is 0 Å². The summed E-state index contributed by atoms with van der Waals surface area (Å²) in [5, 5.41) is 10.7. The zero-order valence-corrected chi connectivity index (χ0v) is 13.2. The molecule has 0 heterocycles. The molecule has 1 aromatic rings. The lowest BCUT2D eigenvalue weighted by atomic mass is 9.89. The van der Waals surface area contributed by atoms with Crippen LogP contribution in [0.3, 0.4) is 0 Å². The van der Waals surface area contributed by atoms with Crippen molar-refractivity contribution in [2.75, 3.05) is 0 Å². The Hall–Kier alpha value is -1.21. The Morgan fingerprint density at radius 3 is 2.41 bits per heavy atom. The number of nitrogens with zero attached hydrogens (tertiary/aromatic N) is 1. The third kappa shape index (κ3) is 3.57. The first kappa shape index (κ1) is 17.1. The molecule has 0 fully saturated rings. The minimum Gasteiger partial charge on any atom is -0.303 e. The standard InChI is InChI=1S/C12H10Cl2NO6P/c13-10-2-1-7-12(14,11(10)21-22(18,19)20)8-3-5-9(6-4-8)15(16)17/h1-7,11H,(H2,18,19,20). The number of phosphoric acid groups is 1. The highest BCUT2D eigenvalue weighted by Crippen LogP contribution is 2.50. The van der Waals surface area contributed by atoms with Crippen LogP contribution in [-0.4, -0.2) is 20.8 Å². The Bertz CT molecular complexity index is 698. The summed E-state index contributed by atoms with van der Waals surface area (Å²) in [5.74, 6) is 0. The van der Waals surface area contributed by atoms with Crippen molar-refractivity contribution in [2.24, 2.45) is 0 Å². The summed E-state index contributed by atoms with van der Waals surface area (Å²) in [6.07, 6.45) is 3.02. The molecular formula is C12H10Cl2NO6P. The Morgan fingerprint density at radius 2 is 1.91 bits per heavy atom. The minimum atomic E-state index is -4.85. The fourth-order valence-corrected chi connectivity index (χ4v) is 3.39. The van der Waals surface area contributed by atoms with Crippen molar-refractivity contribution in [1.82, 2.24) is 0 Å². The zero-order valence-electron chi connectivity index (χ0n) is 10.8. The number of rotatable bonds is 4. The number of phosphoric ester groups is 1. The average Bonchev–Trinajstić information content (AvgIpc) is 2.42. The van der Waals surface area contributed by atoms with E-state index in [1.807, 2.05) is 0 Å². The third-order valence-corrected chi connectivity index (χ3v) is 4.34. The third-order valence-electron chi connectivity index (χ3n) is 2.99. The highest BCUT2D eigenvalue weighted by atomic mass is 35.5. The number of nitro benzene ring substituents is 1. The van der Waals surface area contributed by atoms with Crippen molar-refractivity contribution in [1.29, 1.82) is 0 Å². The van der Waals surface area contributed by atoms with Gasteiger partial charge in [0.15, 0.2) is 0 Å². The number of non-ortho nitro benzene ring substituents is 1. The molecule has 0 amide bonds. The largest absolute Gasteiger partial charge is 0.470 e. The molecule has 10 heteroatoms. The first-order chi connectivity index (χ1) is 10.1. The molecule has 7 nitrogen and oxygen atoms in total. The lowest BCUT2D eigenvalue weighted by Crippen LogP contribution is -2.36. The van der Waals surface area contributed by atoms with Crippen LogP contribution in [0, 0.1) is 10.1 Å². The number of hydrogen-bond acceptors (Lipinski definition) is 4. The highest BCUT2D eigenvalue weighted by molar-refractivity contribution is 7.46. The maximum absolute atomic E-state index is 11.1. The lowest BCUT2D eigenvalue weighted by Gasteiger charge is -2.34. The molecule has 0 aromatic heterocycles. The quantitative estimate of drug-likeness (QED) is 0.367. The summed E-state index contributed by atoms with van der Waals surface area (Å²) in [7, 11) is -4.85. The summed E-state index contributed by atoms with van der Waals surface area (Å²) in [6.45, 7) is 0. The van der Waals surface area contributed by atoms with E-state index in [2.05, 4.69) is 4.52 Å². The molecule has 0 saturated carbocycles. The van der Waals surface area contributed by atoms with E-state index < -0.39 is 23.7 Å². The maximum Gasteiger partial charge on any atom is 0.470 e. The predicted octanol–water partition coefficient (Wildman–Crippen LogP) is 3.20. The lowest BCUT2D eigenvalue weighted by molar-refractivity contribution is -0.384. The van der Waals surface area contributed by atoms with Gasteiger partial charge in [0.1, 0.15) is 11.0 Å². The van der Waals surface area contributed by atoms with Crippen molar-refractivity contribution in [3.8, 4) is 0 Å². The number of halogens is 2. The Morgan fingerprint density at radius 1 is 1.32 bits per heavy atom. The van der Waals surface area contributed by atoms with Gasteiger partial charge in [-0.1, -0.05) is 23.8 Å². The van der Waals surface area contributed by atoms with Gasteiger partial charge in [-0.2, -0.15) is 0 Å². The van der Waals surface area contributed by atoms with E-state index in [4.69, 9.17) is 33.0 Å². The van der Waals surface area contributed by atoms with Gasteiger partial charge in [0.25, 0.3) is 5.69 Å². The fourth-order valence-electron chi connectivity index (χ4n) is 2.01. The van der Waals surface area contributed by atoms with E-state index in [1.54, 1.807) is 0 Å². The Labute approximate surface area is 135 Å². The summed E-state index contributed by atoms with van der Waals surface area (Å²) in [6, 6.07) is 5.21. The van der Waals surface area contributed by atoms with Crippen molar-refractivity contribution in [3.05, 3.63) is 63.2 Å². The monoisotopic (exact) mass is 365 g/mol. The Kier molecular flexibility index (Phi) is 4.77. The molecule has 2 atom stereocenters. The zero-order chi connectivity index (χ0) is 16.5. The SMILES string of the molecule is O=[N+]([O-])c1ccc(C2(Cl)C=CC=C(Cl)C2OP(=O)(O)O)cc1.